The Labute approximate surface area is 208 Å². The fourth-order valence-electron chi connectivity index (χ4n) is 3.94. The molecule has 174 valence electrons. The van der Waals surface area contributed by atoms with Crippen molar-refractivity contribution in [2.45, 2.75) is 13.8 Å². The molecular weight excluding hydrogens is 514 g/mol. The summed E-state index contributed by atoms with van der Waals surface area (Å²) in [6, 6.07) is 16.9. The molecule has 8 heteroatoms. The zero-order valence-corrected chi connectivity index (χ0v) is 20.4. The minimum Gasteiger partial charge on any atom is -0.322 e. The Morgan fingerprint density at radius 1 is 1.00 bits per heavy atom. The molecule has 0 aliphatic heterocycles. The summed E-state index contributed by atoms with van der Waals surface area (Å²) in [5.74, 6) is -1.94. The first-order valence-electron chi connectivity index (χ1n) is 10.8. The van der Waals surface area contributed by atoms with E-state index in [1.165, 1.54) is 12.1 Å². The maximum atomic E-state index is 14.5. The minimum absolute atomic E-state index is 0.0445. The number of carbonyl (C=O) groups is 1. The number of amides is 1. The molecule has 3 heterocycles. The standard InChI is InChI=1S/C27H19BrF2N4O/c1-15-8-10-18(11-9-15)32-27(35)21-13-17(14-31-16(21)2)19-6-4-12-34-24(19)25(28)33-26(34)20-5-3-7-22(29)23(20)30/h3-14H,1-2H3,(H,32,35). The highest BCUT2D eigenvalue weighted by Gasteiger charge is 2.20. The number of imidazole rings is 1. The third kappa shape index (κ3) is 4.21. The molecule has 0 spiro atoms. The Hall–Kier alpha value is -3.91. The molecule has 3 aromatic heterocycles. The maximum absolute atomic E-state index is 14.5. The SMILES string of the molecule is Cc1ccc(NC(=O)c2cc(-c3cccn4c(-c5cccc(F)c5F)nc(Br)c34)cnc2C)cc1. The number of aryl methyl sites for hydroxylation is 2. The Morgan fingerprint density at radius 3 is 2.51 bits per heavy atom. The van der Waals surface area contributed by atoms with Gasteiger partial charge in [0.05, 0.1) is 22.3 Å². The number of nitrogens with one attached hydrogen (secondary N) is 1. The van der Waals surface area contributed by atoms with Gasteiger partial charge >= 0.3 is 0 Å². The van der Waals surface area contributed by atoms with Gasteiger partial charge in [0.15, 0.2) is 11.6 Å². The summed E-state index contributed by atoms with van der Waals surface area (Å²) >= 11 is 3.47. The zero-order valence-electron chi connectivity index (χ0n) is 18.8. The van der Waals surface area contributed by atoms with Gasteiger partial charge in [-0.2, -0.15) is 0 Å². The quantitative estimate of drug-likeness (QED) is 0.271. The van der Waals surface area contributed by atoms with Crippen molar-refractivity contribution in [2.75, 3.05) is 5.32 Å². The zero-order chi connectivity index (χ0) is 24.7. The average molecular weight is 533 g/mol. The Balaban J connectivity index is 1.59. The third-order valence-corrected chi connectivity index (χ3v) is 6.32. The van der Waals surface area contributed by atoms with Crippen LogP contribution in [0.1, 0.15) is 21.6 Å². The van der Waals surface area contributed by atoms with Crippen LogP contribution in [0.25, 0.3) is 28.0 Å². The van der Waals surface area contributed by atoms with Crippen LogP contribution in [0.15, 0.2) is 77.7 Å². The van der Waals surface area contributed by atoms with Crippen LogP contribution in [0.5, 0.6) is 0 Å². The molecule has 2 aromatic carbocycles. The molecule has 0 atom stereocenters. The number of hydrogen-bond acceptors (Lipinski definition) is 3. The van der Waals surface area contributed by atoms with Crippen LogP contribution < -0.4 is 5.32 Å². The highest BCUT2D eigenvalue weighted by Crippen LogP contribution is 2.35. The number of nitrogens with zero attached hydrogens (tertiary/aromatic N) is 3. The third-order valence-electron chi connectivity index (χ3n) is 5.77. The molecule has 0 aliphatic rings. The van der Waals surface area contributed by atoms with Gasteiger partial charge in [0.25, 0.3) is 5.91 Å². The van der Waals surface area contributed by atoms with E-state index >= 15 is 0 Å². The fraction of sp³-hybridized carbons (Fsp3) is 0.0741. The number of anilines is 1. The normalized spacial score (nSPS) is 11.1. The molecule has 0 saturated carbocycles. The summed E-state index contributed by atoms with van der Waals surface area (Å²) in [7, 11) is 0. The molecule has 5 rings (SSSR count). The van der Waals surface area contributed by atoms with Crippen molar-refractivity contribution in [1.82, 2.24) is 14.4 Å². The number of aromatic nitrogens is 3. The van der Waals surface area contributed by atoms with Crippen molar-refractivity contribution in [3.63, 3.8) is 0 Å². The first-order valence-corrected chi connectivity index (χ1v) is 11.6. The van der Waals surface area contributed by atoms with Crippen molar-refractivity contribution in [3.8, 4) is 22.5 Å². The van der Waals surface area contributed by atoms with E-state index in [2.05, 4.69) is 31.2 Å². The first-order chi connectivity index (χ1) is 16.8. The molecule has 0 saturated heterocycles. The maximum Gasteiger partial charge on any atom is 0.257 e. The number of rotatable bonds is 4. The number of halogens is 3. The summed E-state index contributed by atoms with van der Waals surface area (Å²) in [6.07, 6.45) is 3.40. The second kappa shape index (κ2) is 9.03. The summed E-state index contributed by atoms with van der Waals surface area (Å²) in [6.45, 7) is 3.75. The van der Waals surface area contributed by atoms with Gasteiger partial charge in [0.2, 0.25) is 0 Å². The fourth-order valence-corrected chi connectivity index (χ4v) is 4.51. The van der Waals surface area contributed by atoms with Gasteiger partial charge in [-0.05, 0) is 66.2 Å². The van der Waals surface area contributed by atoms with Crippen LogP contribution in [0, 0.1) is 25.5 Å². The number of benzene rings is 2. The summed E-state index contributed by atoms with van der Waals surface area (Å²) in [5, 5.41) is 2.91. The van der Waals surface area contributed by atoms with Gasteiger partial charge in [-0.3, -0.25) is 14.2 Å². The van der Waals surface area contributed by atoms with Gasteiger partial charge in [0.1, 0.15) is 10.4 Å². The van der Waals surface area contributed by atoms with Crippen LogP contribution in [-0.2, 0) is 0 Å². The van der Waals surface area contributed by atoms with Gasteiger partial charge in [-0.25, -0.2) is 13.8 Å². The second-order valence-electron chi connectivity index (χ2n) is 8.15. The van der Waals surface area contributed by atoms with Crippen LogP contribution in [-0.4, -0.2) is 20.3 Å². The van der Waals surface area contributed by atoms with E-state index in [0.29, 0.717) is 32.6 Å². The van der Waals surface area contributed by atoms with Crippen molar-refractivity contribution >= 4 is 33.0 Å². The number of pyridine rings is 2. The highest BCUT2D eigenvalue weighted by atomic mass is 79.9. The lowest BCUT2D eigenvalue weighted by Crippen LogP contribution is -2.14. The largest absolute Gasteiger partial charge is 0.322 e. The monoisotopic (exact) mass is 532 g/mol. The van der Waals surface area contributed by atoms with Gasteiger partial charge in [-0.1, -0.05) is 29.8 Å². The highest BCUT2D eigenvalue weighted by molar-refractivity contribution is 9.10. The molecule has 35 heavy (non-hydrogen) atoms. The lowest BCUT2D eigenvalue weighted by Gasteiger charge is -2.11. The molecular formula is C27H19BrF2N4O. The van der Waals surface area contributed by atoms with E-state index in [-0.39, 0.29) is 17.3 Å². The lowest BCUT2D eigenvalue weighted by atomic mass is 10.0. The van der Waals surface area contributed by atoms with Crippen LogP contribution in [0.4, 0.5) is 14.5 Å². The molecule has 1 N–H and O–H groups in total. The van der Waals surface area contributed by atoms with Crippen LogP contribution >= 0.6 is 15.9 Å². The van der Waals surface area contributed by atoms with Crippen LogP contribution in [0.2, 0.25) is 0 Å². The van der Waals surface area contributed by atoms with E-state index in [9.17, 15) is 13.6 Å². The predicted molar refractivity (Wildman–Crippen MR) is 135 cm³/mol. The first kappa shape index (κ1) is 22.9. The number of hydrogen-bond donors (Lipinski definition) is 1. The molecule has 0 aliphatic carbocycles. The predicted octanol–water partition coefficient (Wildman–Crippen LogP) is 6.97. The topological polar surface area (TPSA) is 59.3 Å². The molecule has 0 fully saturated rings. The molecule has 5 nitrogen and oxygen atoms in total. The number of carbonyl (C=O) groups excluding carboxylic acids is 1. The molecule has 0 radical (unpaired) electrons. The Morgan fingerprint density at radius 2 is 1.74 bits per heavy atom. The molecule has 0 unspecified atom stereocenters. The van der Waals surface area contributed by atoms with E-state index in [0.717, 1.165) is 17.2 Å². The number of fused-ring (bicyclic) bond motifs is 1. The van der Waals surface area contributed by atoms with Crippen molar-refractivity contribution < 1.29 is 13.6 Å². The van der Waals surface area contributed by atoms with E-state index in [1.54, 1.807) is 35.9 Å². The molecule has 1 amide bonds. The molecule has 5 aromatic rings. The van der Waals surface area contributed by atoms with Crippen molar-refractivity contribution in [3.05, 3.63) is 106 Å². The van der Waals surface area contributed by atoms with E-state index in [4.69, 9.17) is 0 Å². The second-order valence-corrected chi connectivity index (χ2v) is 8.90. The van der Waals surface area contributed by atoms with Crippen LogP contribution in [0.3, 0.4) is 0 Å². The smallest absolute Gasteiger partial charge is 0.257 e. The summed E-state index contributed by atoms with van der Waals surface area (Å²) < 4.78 is 30.6. The van der Waals surface area contributed by atoms with E-state index in [1.807, 2.05) is 37.3 Å². The minimum atomic E-state index is -0.968. The van der Waals surface area contributed by atoms with Gasteiger partial charge in [-0.15, -0.1) is 0 Å². The lowest BCUT2D eigenvalue weighted by molar-refractivity contribution is 0.102. The Bertz CT molecular complexity index is 1600. The Kier molecular flexibility index (Phi) is 5.90. The average Bonchev–Trinajstić information content (AvgIpc) is 3.19. The van der Waals surface area contributed by atoms with Gasteiger partial charge < -0.3 is 5.32 Å². The van der Waals surface area contributed by atoms with Crippen molar-refractivity contribution in [1.29, 1.82) is 0 Å². The van der Waals surface area contributed by atoms with Crippen molar-refractivity contribution in [2.24, 2.45) is 0 Å². The molecule has 0 bridgehead atoms. The van der Waals surface area contributed by atoms with Gasteiger partial charge in [0, 0.05) is 29.2 Å². The summed E-state index contributed by atoms with van der Waals surface area (Å²) in [4.78, 5) is 21.9. The van der Waals surface area contributed by atoms with E-state index < -0.39 is 11.6 Å². The summed E-state index contributed by atoms with van der Waals surface area (Å²) in [5.41, 5.74) is 4.89.